The van der Waals surface area contributed by atoms with Crippen LogP contribution in [0.3, 0.4) is 0 Å². The van der Waals surface area contributed by atoms with Crippen LogP contribution in [0.4, 0.5) is 5.69 Å². The average molecular weight is 342 g/mol. The third-order valence-corrected chi connectivity index (χ3v) is 3.44. The van der Waals surface area contributed by atoms with Gasteiger partial charge in [0.2, 0.25) is 5.91 Å². The molecule has 0 aromatic heterocycles. The van der Waals surface area contributed by atoms with Crippen molar-refractivity contribution in [3.8, 4) is 0 Å². The monoisotopic (exact) mass is 341 g/mol. The Morgan fingerprint density at radius 2 is 1.91 bits per heavy atom. The van der Waals surface area contributed by atoms with Crippen LogP contribution in [0.1, 0.15) is 56.5 Å². The molecule has 1 unspecified atom stereocenters. The van der Waals surface area contributed by atoms with Crippen molar-refractivity contribution in [1.29, 1.82) is 0 Å². The van der Waals surface area contributed by atoms with E-state index in [2.05, 4.69) is 10.6 Å². The van der Waals surface area contributed by atoms with Gasteiger partial charge in [0.15, 0.2) is 0 Å². The van der Waals surface area contributed by atoms with Crippen LogP contribution >= 0.6 is 12.4 Å². The number of carbonyl (C=O) groups is 2. The molecule has 2 amide bonds. The van der Waals surface area contributed by atoms with E-state index in [1.54, 1.807) is 25.1 Å². The first-order chi connectivity index (χ1) is 10.2. The molecular formula is C17H28ClN3O2. The van der Waals surface area contributed by atoms with Crippen LogP contribution in [0.5, 0.6) is 0 Å². The molecule has 1 atom stereocenters. The number of aryl methyl sites for hydroxylation is 1. The van der Waals surface area contributed by atoms with Crippen LogP contribution in [0.2, 0.25) is 0 Å². The lowest BCUT2D eigenvalue weighted by atomic mass is 9.96. The largest absolute Gasteiger partial charge is 0.350 e. The molecule has 0 bridgehead atoms. The van der Waals surface area contributed by atoms with Crippen molar-refractivity contribution in [2.75, 3.05) is 5.32 Å². The molecule has 0 heterocycles. The first-order valence-electron chi connectivity index (χ1n) is 7.69. The molecule has 1 rings (SSSR count). The van der Waals surface area contributed by atoms with Crippen molar-refractivity contribution in [3.63, 3.8) is 0 Å². The van der Waals surface area contributed by atoms with Crippen molar-refractivity contribution in [3.05, 3.63) is 29.3 Å². The lowest BCUT2D eigenvalue weighted by Crippen LogP contribution is -2.48. The normalized spacial score (nSPS) is 13.0. The summed E-state index contributed by atoms with van der Waals surface area (Å²) in [5.41, 5.74) is 7.19. The van der Waals surface area contributed by atoms with E-state index in [1.165, 1.54) is 0 Å². The quantitative estimate of drug-likeness (QED) is 0.743. The number of nitrogens with one attached hydrogen (secondary N) is 2. The van der Waals surface area contributed by atoms with Gasteiger partial charge in [0.05, 0.1) is 5.54 Å². The van der Waals surface area contributed by atoms with Gasteiger partial charge >= 0.3 is 0 Å². The topological polar surface area (TPSA) is 84.2 Å². The minimum Gasteiger partial charge on any atom is -0.350 e. The van der Waals surface area contributed by atoms with Gasteiger partial charge in [-0.15, -0.1) is 12.4 Å². The maximum atomic E-state index is 12.2. The van der Waals surface area contributed by atoms with Crippen molar-refractivity contribution in [1.82, 2.24) is 5.32 Å². The fourth-order valence-electron chi connectivity index (χ4n) is 2.24. The van der Waals surface area contributed by atoms with E-state index in [9.17, 15) is 9.59 Å². The van der Waals surface area contributed by atoms with E-state index in [4.69, 9.17) is 5.73 Å². The van der Waals surface area contributed by atoms with Crippen molar-refractivity contribution < 1.29 is 9.59 Å². The summed E-state index contributed by atoms with van der Waals surface area (Å²) < 4.78 is 0. The van der Waals surface area contributed by atoms with Gasteiger partial charge in [-0.25, -0.2) is 0 Å². The molecule has 0 spiro atoms. The summed E-state index contributed by atoms with van der Waals surface area (Å²) in [7, 11) is 0. The summed E-state index contributed by atoms with van der Waals surface area (Å²) in [6.45, 7) is 9.39. The van der Waals surface area contributed by atoms with Crippen LogP contribution in [0.15, 0.2) is 18.2 Å². The number of benzene rings is 1. The number of rotatable bonds is 6. The minimum atomic E-state index is -0.893. The van der Waals surface area contributed by atoms with Gasteiger partial charge in [0.1, 0.15) is 0 Å². The molecule has 5 nitrogen and oxygen atoms in total. The molecule has 0 aliphatic carbocycles. The molecule has 1 aromatic rings. The maximum absolute atomic E-state index is 12.2. The molecule has 1 aromatic carbocycles. The number of anilines is 1. The van der Waals surface area contributed by atoms with E-state index in [0.717, 1.165) is 12.0 Å². The third kappa shape index (κ3) is 6.20. The second kappa shape index (κ2) is 8.89. The lowest BCUT2D eigenvalue weighted by molar-refractivity contribution is -0.120. The zero-order valence-electron chi connectivity index (χ0n) is 14.5. The SMILES string of the molecule is CCCC(C)(N)C(=O)Nc1ccc(C(=O)NC(C)C)c(C)c1.Cl. The predicted molar refractivity (Wildman–Crippen MR) is 97.2 cm³/mol. The van der Waals surface area contributed by atoms with E-state index >= 15 is 0 Å². The number of hydrogen-bond acceptors (Lipinski definition) is 3. The Morgan fingerprint density at radius 3 is 2.39 bits per heavy atom. The second-order valence-electron chi connectivity index (χ2n) is 6.28. The zero-order valence-corrected chi connectivity index (χ0v) is 15.3. The number of halogens is 1. The Morgan fingerprint density at radius 1 is 1.30 bits per heavy atom. The number of amides is 2. The van der Waals surface area contributed by atoms with Gasteiger partial charge in [-0.2, -0.15) is 0 Å². The van der Waals surface area contributed by atoms with Crippen LogP contribution in [0.25, 0.3) is 0 Å². The molecule has 6 heteroatoms. The first kappa shape index (κ1) is 21.4. The maximum Gasteiger partial charge on any atom is 0.251 e. The predicted octanol–water partition coefficient (Wildman–Crippen LogP) is 3.01. The van der Waals surface area contributed by atoms with Gasteiger partial charge in [0, 0.05) is 17.3 Å². The van der Waals surface area contributed by atoms with Crippen LogP contribution in [-0.4, -0.2) is 23.4 Å². The molecule has 0 fully saturated rings. The summed E-state index contributed by atoms with van der Waals surface area (Å²) in [6, 6.07) is 5.31. The molecule has 130 valence electrons. The Labute approximate surface area is 144 Å². The van der Waals surface area contributed by atoms with Gasteiger partial charge in [0.25, 0.3) is 5.91 Å². The number of nitrogens with two attached hydrogens (primary N) is 1. The summed E-state index contributed by atoms with van der Waals surface area (Å²) in [4.78, 5) is 24.2. The highest BCUT2D eigenvalue weighted by Gasteiger charge is 2.27. The molecule has 0 aliphatic rings. The zero-order chi connectivity index (χ0) is 16.9. The summed E-state index contributed by atoms with van der Waals surface area (Å²) >= 11 is 0. The summed E-state index contributed by atoms with van der Waals surface area (Å²) in [5.74, 6) is -0.326. The van der Waals surface area contributed by atoms with E-state index < -0.39 is 5.54 Å². The average Bonchev–Trinajstić information content (AvgIpc) is 2.37. The van der Waals surface area contributed by atoms with Gasteiger partial charge < -0.3 is 16.4 Å². The number of carbonyl (C=O) groups excluding carboxylic acids is 2. The van der Waals surface area contributed by atoms with Crippen molar-refractivity contribution in [2.24, 2.45) is 5.73 Å². The Bertz CT molecular complexity index is 557. The molecule has 0 radical (unpaired) electrons. The van der Waals surface area contributed by atoms with E-state index in [0.29, 0.717) is 17.7 Å². The molecule has 0 aliphatic heterocycles. The molecule has 23 heavy (non-hydrogen) atoms. The lowest BCUT2D eigenvalue weighted by Gasteiger charge is -2.23. The molecule has 0 saturated carbocycles. The highest BCUT2D eigenvalue weighted by atomic mass is 35.5. The molecule has 0 saturated heterocycles. The standard InChI is InChI=1S/C17H27N3O2.ClH/c1-6-9-17(5,18)16(22)20-13-7-8-14(12(4)10-13)15(21)19-11(2)3;/h7-8,10-11H,6,9,18H2,1-5H3,(H,19,21)(H,20,22);1H. The molecule has 4 N–H and O–H groups in total. The third-order valence-electron chi connectivity index (χ3n) is 3.44. The van der Waals surface area contributed by atoms with Crippen molar-refractivity contribution >= 4 is 29.9 Å². The summed E-state index contributed by atoms with van der Waals surface area (Å²) in [6.07, 6.45) is 1.46. The highest BCUT2D eigenvalue weighted by Crippen LogP contribution is 2.18. The molecular weight excluding hydrogens is 314 g/mol. The van der Waals surface area contributed by atoms with Crippen molar-refractivity contribution in [2.45, 2.75) is 59.0 Å². The van der Waals surface area contributed by atoms with Gasteiger partial charge in [-0.1, -0.05) is 13.3 Å². The van der Waals surface area contributed by atoms with Crippen LogP contribution in [-0.2, 0) is 4.79 Å². The Hall–Kier alpha value is -1.59. The van der Waals surface area contributed by atoms with E-state index in [-0.39, 0.29) is 30.3 Å². The summed E-state index contributed by atoms with van der Waals surface area (Å²) in [5, 5.41) is 5.67. The fraction of sp³-hybridized carbons (Fsp3) is 0.529. The Kier molecular flexibility index (Phi) is 8.28. The van der Waals surface area contributed by atoms with Gasteiger partial charge in [-0.3, -0.25) is 9.59 Å². The van der Waals surface area contributed by atoms with Crippen LogP contribution in [0, 0.1) is 6.92 Å². The van der Waals surface area contributed by atoms with Gasteiger partial charge in [-0.05, 0) is 57.9 Å². The van der Waals surface area contributed by atoms with Crippen LogP contribution < -0.4 is 16.4 Å². The smallest absolute Gasteiger partial charge is 0.251 e. The minimum absolute atomic E-state index is 0. The number of hydrogen-bond donors (Lipinski definition) is 3. The Balaban J connectivity index is 0.00000484. The van der Waals surface area contributed by atoms with E-state index in [1.807, 2.05) is 27.7 Å². The first-order valence-corrected chi connectivity index (χ1v) is 7.69. The highest BCUT2D eigenvalue weighted by molar-refractivity contribution is 5.99. The second-order valence-corrected chi connectivity index (χ2v) is 6.28. The fourth-order valence-corrected chi connectivity index (χ4v) is 2.24.